The zero-order chi connectivity index (χ0) is 10.8. The molecule has 0 aliphatic heterocycles. The van der Waals surface area contributed by atoms with Crippen molar-refractivity contribution < 1.29 is 9.90 Å². The summed E-state index contributed by atoms with van der Waals surface area (Å²) in [4.78, 5) is 15.0. The number of aromatic carboxylic acids is 1. The third-order valence-electron chi connectivity index (χ3n) is 1.82. The van der Waals surface area contributed by atoms with E-state index in [0.717, 1.165) is 0 Å². The van der Waals surface area contributed by atoms with Crippen molar-refractivity contribution in [2.24, 2.45) is 5.41 Å². The first-order valence-corrected chi connectivity index (χ1v) is 4.57. The second kappa shape index (κ2) is 6.71. The smallest absolute Gasteiger partial charge is 0.337 e. The molecule has 3 nitrogen and oxygen atoms in total. The van der Waals surface area contributed by atoms with Gasteiger partial charge in [-0.05, 0) is 24.0 Å². The van der Waals surface area contributed by atoms with E-state index in [-0.39, 0.29) is 30.2 Å². The van der Waals surface area contributed by atoms with Gasteiger partial charge in [0.25, 0.3) is 0 Å². The number of carboxylic acids is 1. The monoisotopic (exact) mass is 265 g/mol. The van der Waals surface area contributed by atoms with Gasteiger partial charge >= 0.3 is 5.97 Å². The van der Waals surface area contributed by atoms with E-state index in [0.29, 0.717) is 17.7 Å². The Hall–Kier alpha value is -0.800. The van der Waals surface area contributed by atoms with Gasteiger partial charge < -0.3 is 5.11 Å². The van der Waals surface area contributed by atoms with Crippen LogP contribution in [0.3, 0.4) is 0 Å². The van der Waals surface area contributed by atoms with Gasteiger partial charge in [0.2, 0.25) is 0 Å². The molecule has 0 bridgehead atoms. The summed E-state index contributed by atoms with van der Waals surface area (Å²) in [5, 5.41) is 8.92. The van der Waals surface area contributed by atoms with E-state index < -0.39 is 5.97 Å². The van der Waals surface area contributed by atoms with Gasteiger partial charge in [0.1, 0.15) is 0 Å². The van der Waals surface area contributed by atoms with Crippen molar-refractivity contribution in [1.82, 2.24) is 4.98 Å². The number of nitrogens with zero attached hydrogens (tertiary/aromatic N) is 1. The van der Waals surface area contributed by atoms with Crippen LogP contribution < -0.4 is 0 Å². The highest BCUT2D eigenvalue weighted by Crippen LogP contribution is 2.21. The SMILES string of the molecule is CC(C)(C)Cc1ncccc1C(=O)O.Cl.Cl. The minimum atomic E-state index is -0.905. The van der Waals surface area contributed by atoms with Gasteiger partial charge in [-0.15, -0.1) is 24.8 Å². The van der Waals surface area contributed by atoms with Gasteiger partial charge in [0.15, 0.2) is 0 Å². The zero-order valence-electron chi connectivity index (χ0n) is 9.56. The highest BCUT2D eigenvalue weighted by molar-refractivity contribution is 5.88. The highest BCUT2D eigenvalue weighted by Gasteiger charge is 2.17. The first-order valence-electron chi connectivity index (χ1n) is 4.57. The number of carbonyl (C=O) groups is 1. The van der Waals surface area contributed by atoms with Crippen LogP contribution in [0.1, 0.15) is 36.8 Å². The summed E-state index contributed by atoms with van der Waals surface area (Å²) in [7, 11) is 0. The summed E-state index contributed by atoms with van der Waals surface area (Å²) in [5.41, 5.74) is 1.02. The Kier molecular flexibility index (Phi) is 7.38. The average Bonchev–Trinajstić information content (AvgIpc) is 2.01. The van der Waals surface area contributed by atoms with Crippen LogP contribution in [0.5, 0.6) is 0 Å². The minimum absolute atomic E-state index is 0. The van der Waals surface area contributed by atoms with Gasteiger partial charge in [-0.1, -0.05) is 20.8 Å². The van der Waals surface area contributed by atoms with Crippen molar-refractivity contribution >= 4 is 30.8 Å². The van der Waals surface area contributed by atoms with Crippen LogP contribution in [0, 0.1) is 5.41 Å². The van der Waals surface area contributed by atoms with Gasteiger partial charge in [0.05, 0.1) is 11.3 Å². The third-order valence-corrected chi connectivity index (χ3v) is 1.82. The summed E-state index contributed by atoms with van der Waals surface area (Å²) >= 11 is 0. The summed E-state index contributed by atoms with van der Waals surface area (Å²) in [6.45, 7) is 6.19. The maximum absolute atomic E-state index is 10.9. The lowest BCUT2D eigenvalue weighted by atomic mass is 9.89. The number of aromatic nitrogens is 1. The molecule has 0 atom stereocenters. The number of pyridine rings is 1. The van der Waals surface area contributed by atoms with Gasteiger partial charge in [-0.2, -0.15) is 0 Å². The van der Waals surface area contributed by atoms with E-state index in [9.17, 15) is 4.79 Å². The summed E-state index contributed by atoms with van der Waals surface area (Å²) in [6.07, 6.45) is 2.31. The van der Waals surface area contributed by atoms with E-state index in [2.05, 4.69) is 25.8 Å². The summed E-state index contributed by atoms with van der Waals surface area (Å²) in [5.74, 6) is -0.905. The highest BCUT2D eigenvalue weighted by atomic mass is 35.5. The molecule has 1 N–H and O–H groups in total. The number of hydrogen-bond acceptors (Lipinski definition) is 2. The van der Waals surface area contributed by atoms with E-state index in [1.54, 1.807) is 18.3 Å². The van der Waals surface area contributed by atoms with Crippen LogP contribution in [0.15, 0.2) is 18.3 Å². The Morgan fingerprint density at radius 1 is 1.38 bits per heavy atom. The molecule has 92 valence electrons. The Morgan fingerprint density at radius 3 is 2.38 bits per heavy atom. The molecule has 0 saturated carbocycles. The van der Waals surface area contributed by atoms with Gasteiger partial charge in [-0.3, -0.25) is 4.98 Å². The number of rotatable bonds is 2. The molecule has 0 aromatic carbocycles. The predicted molar refractivity (Wildman–Crippen MR) is 68.9 cm³/mol. The molecular formula is C11H17Cl2NO2. The van der Waals surface area contributed by atoms with Crippen molar-refractivity contribution in [2.45, 2.75) is 27.2 Å². The first-order chi connectivity index (χ1) is 6.40. The van der Waals surface area contributed by atoms with E-state index in [1.165, 1.54) is 0 Å². The van der Waals surface area contributed by atoms with Crippen molar-refractivity contribution in [3.05, 3.63) is 29.6 Å². The Labute approximate surface area is 108 Å². The number of hydrogen-bond donors (Lipinski definition) is 1. The van der Waals surface area contributed by atoms with Crippen LogP contribution >= 0.6 is 24.8 Å². The average molecular weight is 266 g/mol. The molecule has 0 aliphatic rings. The van der Waals surface area contributed by atoms with Gasteiger partial charge in [-0.25, -0.2) is 4.79 Å². The maximum Gasteiger partial charge on any atom is 0.337 e. The molecule has 1 rings (SSSR count). The minimum Gasteiger partial charge on any atom is -0.478 e. The summed E-state index contributed by atoms with van der Waals surface area (Å²) < 4.78 is 0. The summed E-state index contributed by atoms with van der Waals surface area (Å²) in [6, 6.07) is 3.24. The molecule has 0 amide bonds. The molecule has 0 radical (unpaired) electrons. The fourth-order valence-electron chi connectivity index (χ4n) is 1.28. The molecule has 16 heavy (non-hydrogen) atoms. The molecule has 0 saturated heterocycles. The predicted octanol–water partition coefficient (Wildman–Crippen LogP) is 3.21. The largest absolute Gasteiger partial charge is 0.478 e. The first kappa shape index (κ1) is 17.6. The van der Waals surface area contributed by atoms with Crippen LogP contribution in [-0.4, -0.2) is 16.1 Å². The van der Waals surface area contributed by atoms with Crippen molar-refractivity contribution in [2.75, 3.05) is 0 Å². The Morgan fingerprint density at radius 2 is 1.94 bits per heavy atom. The molecule has 0 spiro atoms. The third kappa shape index (κ3) is 5.33. The zero-order valence-corrected chi connectivity index (χ0v) is 11.2. The molecule has 0 unspecified atom stereocenters. The number of carboxylic acid groups (broad SMARTS) is 1. The van der Waals surface area contributed by atoms with Crippen LogP contribution in [0.2, 0.25) is 0 Å². The lowest BCUT2D eigenvalue weighted by Gasteiger charge is -2.18. The molecule has 5 heteroatoms. The number of halogens is 2. The molecular weight excluding hydrogens is 249 g/mol. The lowest BCUT2D eigenvalue weighted by molar-refractivity contribution is 0.0694. The van der Waals surface area contributed by atoms with Crippen molar-refractivity contribution in [3.8, 4) is 0 Å². The normalized spacial score (nSPS) is 9.94. The molecule has 1 aromatic heterocycles. The van der Waals surface area contributed by atoms with E-state index >= 15 is 0 Å². The lowest BCUT2D eigenvalue weighted by Crippen LogP contribution is -2.14. The topological polar surface area (TPSA) is 50.2 Å². The molecule has 0 fully saturated rings. The molecule has 1 aromatic rings. The van der Waals surface area contributed by atoms with Crippen LogP contribution in [0.4, 0.5) is 0 Å². The molecule has 0 aliphatic carbocycles. The second-order valence-electron chi connectivity index (χ2n) is 4.54. The Bertz CT molecular complexity index is 348. The fraction of sp³-hybridized carbons (Fsp3) is 0.455. The van der Waals surface area contributed by atoms with Crippen molar-refractivity contribution in [3.63, 3.8) is 0 Å². The quantitative estimate of drug-likeness (QED) is 0.894. The van der Waals surface area contributed by atoms with Gasteiger partial charge in [0, 0.05) is 6.20 Å². The van der Waals surface area contributed by atoms with Crippen LogP contribution in [-0.2, 0) is 6.42 Å². The second-order valence-corrected chi connectivity index (χ2v) is 4.54. The van der Waals surface area contributed by atoms with E-state index in [4.69, 9.17) is 5.11 Å². The van der Waals surface area contributed by atoms with Crippen LogP contribution in [0.25, 0.3) is 0 Å². The van der Waals surface area contributed by atoms with E-state index in [1.807, 2.05) is 0 Å². The van der Waals surface area contributed by atoms with Crippen molar-refractivity contribution in [1.29, 1.82) is 0 Å². The fourth-order valence-corrected chi connectivity index (χ4v) is 1.28. The maximum atomic E-state index is 10.9. The standard InChI is InChI=1S/C11H15NO2.2ClH/c1-11(2,3)7-9-8(10(13)14)5-4-6-12-9;;/h4-6H,7H2,1-3H3,(H,13,14);2*1H. The molecule has 1 heterocycles. The Balaban J connectivity index is 0.